The number of para-hydroxylation sites is 1. The second kappa shape index (κ2) is 4.69. The standard InChI is InChI=1S/C14H16N2O2/c1-3-14(2,9-15)16-13(17)12-8-10-6-4-5-7-11(10)18-12/h4-7,12H,3,8H2,1-2H3,(H,16,17). The lowest BCUT2D eigenvalue weighted by Crippen LogP contribution is -2.49. The minimum atomic E-state index is -0.824. The summed E-state index contributed by atoms with van der Waals surface area (Å²) < 4.78 is 5.58. The Bertz CT molecular complexity index is 482. The lowest BCUT2D eigenvalue weighted by atomic mass is 10.0. The van der Waals surface area contributed by atoms with Gasteiger partial charge in [0, 0.05) is 6.42 Å². The first kappa shape index (κ1) is 12.4. The molecular weight excluding hydrogens is 228 g/mol. The number of fused-ring (bicyclic) bond motifs is 1. The maximum Gasteiger partial charge on any atom is 0.262 e. The quantitative estimate of drug-likeness (QED) is 0.881. The van der Waals surface area contributed by atoms with E-state index in [9.17, 15) is 4.79 Å². The summed E-state index contributed by atoms with van der Waals surface area (Å²) in [4.78, 5) is 12.1. The molecule has 0 radical (unpaired) electrons. The number of carbonyl (C=O) groups excluding carboxylic acids is 1. The minimum absolute atomic E-state index is 0.225. The fourth-order valence-electron chi connectivity index (χ4n) is 1.88. The van der Waals surface area contributed by atoms with Crippen molar-refractivity contribution in [2.75, 3.05) is 0 Å². The normalized spacial score (nSPS) is 20.2. The maximum absolute atomic E-state index is 12.1. The molecule has 0 aromatic heterocycles. The van der Waals surface area contributed by atoms with Crippen molar-refractivity contribution in [3.05, 3.63) is 29.8 Å². The number of nitrogens with zero attached hydrogens (tertiary/aromatic N) is 1. The molecule has 0 spiro atoms. The first-order valence-corrected chi connectivity index (χ1v) is 6.06. The van der Waals surface area contributed by atoms with Crippen molar-refractivity contribution < 1.29 is 9.53 Å². The summed E-state index contributed by atoms with van der Waals surface area (Å²) in [6.45, 7) is 3.58. The largest absolute Gasteiger partial charge is 0.480 e. The van der Waals surface area contributed by atoms with Crippen molar-refractivity contribution in [2.45, 2.75) is 38.3 Å². The minimum Gasteiger partial charge on any atom is -0.480 e. The number of amides is 1. The number of carbonyl (C=O) groups is 1. The average Bonchev–Trinajstić information content (AvgIpc) is 2.82. The second-order valence-corrected chi connectivity index (χ2v) is 4.71. The van der Waals surface area contributed by atoms with Gasteiger partial charge in [-0.05, 0) is 25.0 Å². The third-order valence-electron chi connectivity index (χ3n) is 3.29. The van der Waals surface area contributed by atoms with Crippen molar-refractivity contribution in [1.29, 1.82) is 5.26 Å². The van der Waals surface area contributed by atoms with Crippen LogP contribution in [-0.2, 0) is 11.2 Å². The van der Waals surface area contributed by atoms with Crippen molar-refractivity contribution >= 4 is 5.91 Å². The van der Waals surface area contributed by atoms with Gasteiger partial charge in [0.1, 0.15) is 11.3 Å². The van der Waals surface area contributed by atoms with Gasteiger partial charge >= 0.3 is 0 Å². The molecule has 1 heterocycles. The predicted octanol–water partition coefficient (Wildman–Crippen LogP) is 1.80. The number of rotatable bonds is 3. The van der Waals surface area contributed by atoms with Gasteiger partial charge < -0.3 is 10.1 Å². The molecular formula is C14H16N2O2. The molecule has 1 aliphatic heterocycles. The molecule has 94 valence electrons. The molecule has 0 saturated heterocycles. The van der Waals surface area contributed by atoms with E-state index in [0.717, 1.165) is 11.3 Å². The molecule has 2 unspecified atom stereocenters. The molecule has 1 amide bonds. The SMILES string of the molecule is CCC(C)(C#N)NC(=O)C1Cc2ccccc2O1. The molecule has 1 aliphatic rings. The molecule has 1 aromatic rings. The lowest BCUT2D eigenvalue weighted by molar-refractivity contribution is -0.128. The Hall–Kier alpha value is -2.02. The highest BCUT2D eigenvalue weighted by molar-refractivity contribution is 5.83. The highest BCUT2D eigenvalue weighted by Gasteiger charge is 2.33. The van der Waals surface area contributed by atoms with Gasteiger partial charge in [0.25, 0.3) is 5.91 Å². The van der Waals surface area contributed by atoms with E-state index in [1.165, 1.54) is 0 Å². The van der Waals surface area contributed by atoms with Crippen LogP contribution in [0.3, 0.4) is 0 Å². The van der Waals surface area contributed by atoms with Crippen LogP contribution in [0, 0.1) is 11.3 Å². The summed E-state index contributed by atoms with van der Waals surface area (Å²) in [5.41, 5.74) is 0.211. The van der Waals surface area contributed by atoms with Gasteiger partial charge in [-0.25, -0.2) is 0 Å². The van der Waals surface area contributed by atoms with E-state index in [1.807, 2.05) is 31.2 Å². The Morgan fingerprint density at radius 3 is 2.94 bits per heavy atom. The maximum atomic E-state index is 12.1. The van der Waals surface area contributed by atoms with Gasteiger partial charge in [-0.1, -0.05) is 25.1 Å². The van der Waals surface area contributed by atoms with E-state index < -0.39 is 11.6 Å². The van der Waals surface area contributed by atoms with Crippen LogP contribution in [0.2, 0.25) is 0 Å². The third kappa shape index (κ3) is 2.30. The van der Waals surface area contributed by atoms with Crippen LogP contribution in [0.25, 0.3) is 0 Å². The zero-order chi connectivity index (χ0) is 13.2. The van der Waals surface area contributed by atoms with E-state index >= 15 is 0 Å². The van der Waals surface area contributed by atoms with Crippen molar-refractivity contribution in [2.24, 2.45) is 0 Å². The van der Waals surface area contributed by atoms with Gasteiger partial charge in [0.05, 0.1) is 6.07 Å². The zero-order valence-corrected chi connectivity index (χ0v) is 10.6. The summed E-state index contributed by atoms with van der Waals surface area (Å²) in [5, 5.41) is 11.8. The molecule has 1 aromatic carbocycles. The molecule has 18 heavy (non-hydrogen) atoms. The average molecular weight is 244 g/mol. The number of ether oxygens (including phenoxy) is 1. The van der Waals surface area contributed by atoms with Crippen LogP contribution in [0.15, 0.2) is 24.3 Å². The van der Waals surface area contributed by atoms with Gasteiger partial charge in [-0.2, -0.15) is 5.26 Å². The molecule has 0 saturated carbocycles. The summed E-state index contributed by atoms with van der Waals surface area (Å²) >= 11 is 0. The van der Waals surface area contributed by atoms with Crippen LogP contribution < -0.4 is 10.1 Å². The van der Waals surface area contributed by atoms with Crippen molar-refractivity contribution in [3.63, 3.8) is 0 Å². The van der Waals surface area contributed by atoms with Crippen LogP contribution in [0.4, 0.5) is 0 Å². The summed E-state index contributed by atoms with van der Waals surface area (Å²) in [6.07, 6.45) is 0.601. The topological polar surface area (TPSA) is 62.1 Å². The Morgan fingerprint density at radius 1 is 1.61 bits per heavy atom. The predicted molar refractivity (Wildman–Crippen MR) is 67.0 cm³/mol. The van der Waals surface area contributed by atoms with E-state index in [4.69, 9.17) is 10.00 Å². The number of benzene rings is 1. The molecule has 4 nitrogen and oxygen atoms in total. The Morgan fingerprint density at radius 2 is 2.33 bits per heavy atom. The monoisotopic (exact) mass is 244 g/mol. The van der Waals surface area contributed by atoms with Gasteiger partial charge in [0.15, 0.2) is 6.10 Å². The molecule has 0 bridgehead atoms. The van der Waals surface area contributed by atoms with E-state index in [2.05, 4.69) is 11.4 Å². The van der Waals surface area contributed by atoms with Crippen LogP contribution in [0.1, 0.15) is 25.8 Å². The van der Waals surface area contributed by atoms with E-state index in [-0.39, 0.29) is 5.91 Å². The molecule has 0 fully saturated rings. The number of nitriles is 1. The summed E-state index contributed by atoms with van der Waals surface area (Å²) in [6, 6.07) is 9.72. The summed E-state index contributed by atoms with van der Waals surface area (Å²) in [5.74, 6) is 0.532. The zero-order valence-electron chi connectivity index (χ0n) is 10.6. The van der Waals surface area contributed by atoms with Crippen molar-refractivity contribution in [3.8, 4) is 11.8 Å². The van der Waals surface area contributed by atoms with Crippen molar-refractivity contribution in [1.82, 2.24) is 5.32 Å². The highest BCUT2D eigenvalue weighted by atomic mass is 16.5. The molecule has 0 aliphatic carbocycles. The van der Waals surface area contributed by atoms with E-state index in [0.29, 0.717) is 12.8 Å². The Balaban J connectivity index is 2.04. The van der Waals surface area contributed by atoms with Crippen LogP contribution in [0.5, 0.6) is 5.75 Å². The summed E-state index contributed by atoms with van der Waals surface area (Å²) in [7, 11) is 0. The van der Waals surface area contributed by atoms with E-state index in [1.54, 1.807) is 6.92 Å². The first-order chi connectivity index (χ1) is 8.58. The fourth-order valence-corrected chi connectivity index (χ4v) is 1.88. The molecule has 2 rings (SSSR count). The van der Waals surface area contributed by atoms with Gasteiger partial charge in [-0.3, -0.25) is 4.79 Å². The number of hydrogen-bond acceptors (Lipinski definition) is 3. The molecule has 2 atom stereocenters. The Kier molecular flexibility index (Phi) is 3.24. The number of hydrogen-bond donors (Lipinski definition) is 1. The number of nitrogens with one attached hydrogen (secondary N) is 1. The second-order valence-electron chi connectivity index (χ2n) is 4.71. The fraction of sp³-hybridized carbons (Fsp3) is 0.429. The Labute approximate surface area is 107 Å². The smallest absolute Gasteiger partial charge is 0.262 e. The van der Waals surface area contributed by atoms with Crippen LogP contribution in [-0.4, -0.2) is 17.6 Å². The van der Waals surface area contributed by atoms with Gasteiger partial charge in [-0.15, -0.1) is 0 Å². The van der Waals surface area contributed by atoms with Gasteiger partial charge in [0.2, 0.25) is 0 Å². The highest BCUT2D eigenvalue weighted by Crippen LogP contribution is 2.28. The first-order valence-electron chi connectivity index (χ1n) is 6.06. The van der Waals surface area contributed by atoms with Crippen LogP contribution >= 0.6 is 0 Å². The molecule has 4 heteroatoms. The lowest BCUT2D eigenvalue weighted by Gasteiger charge is -2.23. The third-order valence-corrected chi connectivity index (χ3v) is 3.29. The molecule has 1 N–H and O–H groups in total.